The highest BCUT2D eigenvalue weighted by Crippen LogP contribution is 2.57. The van der Waals surface area contributed by atoms with Gasteiger partial charge < -0.3 is 8.61 Å². The predicted molar refractivity (Wildman–Crippen MR) is 118 cm³/mol. The molecule has 4 rings (SSSR count). The summed E-state index contributed by atoms with van der Waals surface area (Å²) in [5, 5.41) is 1.69. The fraction of sp³-hybridized carbons (Fsp3) is 0.360. The van der Waals surface area contributed by atoms with Gasteiger partial charge >= 0.3 is 8.84 Å². The fourth-order valence-electron chi connectivity index (χ4n) is 4.69. The molecule has 3 aliphatic rings. The minimum absolute atomic E-state index is 0.0173. The molecule has 3 aliphatic carbocycles. The Balaban J connectivity index is 2.07. The largest absolute Gasteiger partial charge is 0.565 e. The van der Waals surface area contributed by atoms with Crippen molar-refractivity contribution < 1.29 is 17.4 Å². The number of hydrogen-bond donors (Lipinski definition) is 0. The zero-order valence-electron chi connectivity index (χ0n) is 18.2. The van der Waals surface area contributed by atoms with Gasteiger partial charge in [-0.1, -0.05) is 54.6 Å². The molecule has 2 nitrogen and oxygen atoms in total. The molecule has 0 aliphatic heterocycles. The van der Waals surface area contributed by atoms with Crippen LogP contribution in [0.1, 0.15) is 27.2 Å². The smallest absolute Gasteiger partial charge is 0.328 e. The van der Waals surface area contributed by atoms with Crippen molar-refractivity contribution in [3.05, 3.63) is 82.3 Å². The van der Waals surface area contributed by atoms with E-state index in [1.165, 1.54) is 0 Å². The van der Waals surface area contributed by atoms with Crippen molar-refractivity contribution in [2.75, 3.05) is 14.1 Å². The van der Waals surface area contributed by atoms with E-state index in [1.807, 2.05) is 62.7 Å². The molecule has 0 saturated heterocycles. The van der Waals surface area contributed by atoms with Crippen molar-refractivity contribution in [1.29, 1.82) is 0 Å². The maximum atomic E-state index is 14.1. The number of quaternary nitrogens is 1. The average Bonchev–Trinajstić information content (AvgIpc) is 2.98. The molecular formula is C25H28F2NOSi+. The van der Waals surface area contributed by atoms with Gasteiger partial charge in [0, 0.05) is 11.0 Å². The van der Waals surface area contributed by atoms with Crippen molar-refractivity contribution in [3.8, 4) is 0 Å². The summed E-state index contributed by atoms with van der Waals surface area (Å²) in [4.78, 5) is 0. The van der Waals surface area contributed by atoms with Crippen LogP contribution in [-0.4, -0.2) is 32.6 Å². The van der Waals surface area contributed by atoms with Crippen LogP contribution in [-0.2, 0) is 4.46 Å². The summed E-state index contributed by atoms with van der Waals surface area (Å²) >= 11 is 0. The molecule has 156 valence electrons. The molecular weight excluding hydrogens is 396 g/mol. The molecule has 30 heavy (non-hydrogen) atoms. The van der Waals surface area contributed by atoms with Crippen LogP contribution in [0.15, 0.2) is 71.9 Å². The highest BCUT2D eigenvalue weighted by molar-refractivity contribution is 6.41. The van der Waals surface area contributed by atoms with Gasteiger partial charge in [-0.15, -0.1) is 0 Å². The Morgan fingerprint density at radius 3 is 2.57 bits per heavy atom. The summed E-state index contributed by atoms with van der Waals surface area (Å²) in [7, 11) is 1.80. The summed E-state index contributed by atoms with van der Waals surface area (Å²) in [5.41, 5.74) is 0.413. The van der Waals surface area contributed by atoms with E-state index in [1.54, 1.807) is 12.2 Å². The Kier molecular flexibility index (Phi) is 4.82. The molecule has 0 fully saturated rings. The molecule has 0 bridgehead atoms. The van der Waals surface area contributed by atoms with Crippen molar-refractivity contribution in [1.82, 2.24) is 0 Å². The summed E-state index contributed by atoms with van der Waals surface area (Å²) in [6, 6.07) is 7.67. The lowest BCUT2D eigenvalue weighted by Gasteiger charge is -2.43. The predicted octanol–water partition coefficient (Wildman–Crippen LogP) is 4.39. The highest BCUT2D eigenvalue weighted by Gasteiger charge is 2.54. The maximum absolute atomic E-state index is 14.1. The van der Waals surface area contributed by atoms with E-state index < -0.39 is 20.3 Å². The Labute approximate surface area is 178 Å². The standard InChI is InChI=1S/C25H28F2NOSi/c1-24(2,3)28(4,5)30(29)21-13-15-25-14-9-8-12-20(25)19(23(26)27)16-17-10-6-7-11-18(17)22(21)25/h6-13,15-16,21H,14H2,1-5H3/q+1. The van der Waals surface area contributed by atoms with Gasteiger partial charge in [0.25, 0.3) is 6.08 Å². The van der Waals surface area contributed by atoms with Gasteiger partial charge in [0.05, 0.1) is 25.2 Å². The second-order valence-corrected chi connectivity index (χ2v) is 12.2. The lowest BCUT2D eigenvalue weighted by atomic mass is 9.69. The highest BCUT2D eigenvalue weighted by atomic mass is 28.3. The molecule has 5 heteroatoms. The molecule has 2 unspecified atom stereocenters. The quantitative estimate of drug-likeness (QED) is 0.508. The van der Waals surface area contributed by atoms with E-state index >= 15 is 0 Å². The molecule has 0 radical (unpaired) electrons. The number of halogens is 2. The van der Waals surface area contributed by atoms with E-state index in [2.05, 4.69) is 20.8 Å². The summed E-state index contributed by atoms with van der Waals surface area (Å²) < 4.78 is 42.7. The first kappa shape index (κ1) is 21.0. The zero-order valence-corrected chi connectivity index (χ0v) is 19.2. The normalized spacial score (nSPS) is 25.0. The zero-order chi connectivity index (χ0) is 21.9. The minimum atomic E-state index is -2.22. The maximum Gasteiger partial charge on any atom is 0.565 e. The van der Waals surface area contributed by atoms with E-state index in [0.29, 0.717) is 16.1 Å². The van der Waals surface area contributed by atoms with E-state index in [-0.39, 0.29) is 16.7 Å². The van der Waals surface area contributed by atoms with Gasteiger partial charge in [0.1, 0.15) is 0 Å². The van der Waals surface area contributed by atoms with Crippen LogP contribution < -0.4 is 10.4 Å². The van der Waals surface area contributed by atoms with Crippen LogP contribution in [0.2, 0.25) is 5.54 Å². The third kappa shape index (κ3) is 2.90. The first-order valence-electron chi connectivity index (χ1n) is 10.3. The number of benzene rings is 1. The number of allylic oxidation sites excluding steroid dienone is 7. The molecule has 1 aromatic carbocycles. The molecule has 1 spiro atoms. The third-order valence-electron chi connectivity index (χ3n) is 7.22. The van der Waals surface area contributed by atoms with Crippen LogP contribution in [0.5, 0.6) is 0 Å². The molecule has 0 N–H and O–H groups in total. The number of hydrogen-bond acceptors (Lipinski definition) is 1. The Hall–Kier alpha value is -2.24. The monoisotopic (exact) mass is 424 g/mol. The fourth-order valence-corrected chi connectivity index (χ4v) is 6.97. The third-order valence-corrected chi connectivity index (χ3v) is 10.0. The van der Waals surface area contributed by atoms with Crippen molar-refractivity contribution in [3.63, 3.8) is 0 Å². The van der Waals surface area contributed by atoms with Crippen molar-refractivity contribution >= 4 is 20.5 Å². The van der Waals surface area contributed by atoms with Gasteiger partial charge in [-0.05, 0) is 54.9 Å². The SMILES string of the molecule is CC(C)(C)[N+](C)(C)[Si](=O)C1C=CC23CC=CC=C2C(=C(F)F)C=c2ccccc2=C13. The topological polar surface area (TPSA) is 17.1 Å². The second-order valence-electron chi connectivity index (χ2n) is 9.80. The Bertz CT molecular complexity index is 1180. The van der Waals surface area contributed by atoms with Gasteiger partial charge in [0.2, 0.25) is 0 Å². The molecule has 0 heterocycles. The van der Waals surface area contributed by atoms with Crippen molar-refractivity contribution in [2.45, 2.75) is 38.3 Å². The van der Waals surface area contributed by atoms with Crippen LogP contribution in [0.25, 0.3) is 11.6 Å². The molecule has 1 aromatic rings. The molecule has 2 atom stereocenters. The molecule has 0 amide bonds. The van der Waals surface area contributed by atoms with E-state index in [0.717, 1.165) is 16.0 Å². The number of nitrogens with zero attached hydrogens (tertiary/aromatic N) is 1. The molecule has 0 saturated carbocycles. The van der Waals surface area contributed by atoms with E-state index in [4.69, 9.17) is 0 Å². The van der Waals surface area contributed by atoms with Crippen LogP contribution in [0.4, 0.5) is 8.78 Å². The van der Waals surface area contributed by atoms with Gasteiger partial charge in [-0.2, -0.15) is 8.78 Å². The van der Waals surface area contributed by atoms with Crippen molar-refractivity contribution in [2.24, 2.45) is 5.41 Å². The first-order valence-corrected chi connectivity index (χ1v) is 11.8. The van der Waals surface area contributed by atoms with Gasteiger partial charge in [-0.3, -0.25) is 0 Å². The van der Waals surface area contributed by atoms with Crippen LogP contribution in [0, 0.1) is 5.41 Å². The average molecular weight is 425 g/mol. The number of rotatable bonds is 2. The lowest BCUT2D eigenvalue weighted by Crippen LogP contribution is -2.60. The summed E-state index contributed by atoms with van der Waals surface area (Å²) in [6.45, 7) is 6.28. The Morgan fingerprint density at radius 1 is 1.20 bits per heavy atom. The summed E-state index contributed by atoms with van der Waals surface area (Å²) in [5.74, 6) is 0. The van der Waals surface area contributed by atoms with Crippen LogP contribution in [0.3, 0.4) is 0 Å². The second kappa shape index (κ2) is 6.89. The van der Waals surface area contributed by atoms with Crippen LogP contribution >= 0.6 is 0 Å². The van der Waals surface area contributed by atoms with Gasteiger partial charge in [-0.25, -0.2) is 0 Å². The van der Waals surface area contributed by atoms with Gasteiger partial charge in [0.15, 0.2) is 0 Å². The minimum Gasteiger partial charge on any atom is -0.328 e. The lowest BCUT2D eigenvalue weighted by molar-refractivity contribution is -0.838. The molecule has 0 aromatic heterocycles. The Morgan fingerprint density at radius 2 is 1.90 bits per heavy atom. The number of fused-ring (bicyclic) bond motifs is 1. The first-order chi connectivity index (χ1) is 14.0. The van der Waals surface area contributed by atoms with E-state index in [9.17, 15) is 13.2 Å². The summed E-state index contributed by atoms with van der Waals surface area (Å²) in [6.07, 6.45) is 10.2.